The molecule has 0 saturated heterocycles. The van der Waals surface area contributed by atoms with Gasteiger partial charge in [-0.3, -0.25) is 9.79 Å². The summed E-state index contributed by atoms with van der Waals surface area (Å²) in [4.78, 5) is 35.1. The predicted molar refractivity (Wildman–Crippen MR) is 134 cm³/mol. The molecule has 4 rings (SSSR count). The molecule has 34 heavy (non-hydrogen) atoms. The van der Waals surface area contributed by atoms with Gasteiger partial charge in [-0.1, -0.05) is 48.0 Å². The van der Waals surface area contributed by atoms with Gasteiger partial charge in [0, 0.05) is 38.9 Å². The van der Waals surface area contributed by atoms with Gasteiger partial charge in [0.2, 0.25) is 0 Å². The number of ether oxygens (including phenoxy) is 2. The Labute approximate surface area is 206 Å². The molecular formula is C26H23ClN2O4S. The highest BCUT2D eigenvalue weighted by molar-refractivity contribution is 7.13. The van der Waals surface area contributed by atoms with Crippen LogP contribution in [0.2, 0.25) is 5.02 Å². The Kier molecular flexibility index (Phi) is 6.95. The molecule has 1 aliphatic rings. The monoisotopic (exact) mass is 494 g/mol. The Morgan fingerprint density at radius 1 is 1.00 bits per heavy atom. The van der Waals surface area contributed by atoms with Crippen molar-refractivity contribution in [2.45, 2.75) is 19.8 Å². The van der Waals surface area contributed by atoms with Crippen LogP contribution < -0.4 is 0 Å². The Morgan fingerprint density at radius 3 is 2.38 bits per heavy atom. The third kappa shape index (κ3) is 4.41. The number of methoxy groups -OCH3 is 2. The number of thiazole rings is 1. The van der Waals surface area contributed by atoms with Crippen LogP contribution in [0.3, 0.4) is 0 Å². The largest absolute Gasteiger partial charge is 0.468 e. The highest BCUT2D eigenvalue weighted by atomic mass is 35.5. The maximum atomic E-state index is 12.9. The van der Waals surface area contributed by atoms with Gasteiger partial charge in [-0.2, -0.15) is 0 Å². The number of rotatable bonds is 5. The molecule has 0 bridgehead atoms. The number of aliphatic imine (C=N–C) groups is 1. The van der Waals surface area contributed by atoms with Gasteiger partial charge in [-0.25, -0.2) is 9.78 Å². The molecule has 0 fully saturated rings. The Hall–Kier alpha value is -3.29. The van der Waals surface area contributed by atoms with Crippen molar-refractivity contribution in [2.75, 3.05) is 14.2 Å². The van der Waals surface area contributed by atoms with Gasteiger partial charge in [0.1, 0.15) is 10.9 Å². The highest BCUT2D eigenvalue weighted by Gasteiger charge is 2.43. The van der Waals surface area contributed by atoms with Crippen molar-refractivity contribution < 1.29 is 19.1 Å². The fourth-order valence-corrected chi connectivity index (χ4v) is 5.30. The maximum absolute atomic E-state index is 12.9. The van der Waals surface area contributed by atoms with Crippen molar-refractivity contribution in [1.29, 1.82) is 0 Å². The van der Waals surface area contributed by atoms with Crippen LogP contribution >= 0.6 is 22.9 Å². The Balaban J connectivity index is 1.87. The van der Waals surface area contributed by atoms with Gasteiger partial charge in [-0.05, 0) is 31.5 Å². The third-order valence-electron chi connectivity index (χ3n) is 5.86. The SMILES string of the molecule is COC(=O)C1=C(C)N=C(C)C(C(=O)OC)C1c1ccccc1-c1nc(-c2ccc(Cl)cc2)cs1. The summed E-state index contributed by atoms with van der Waals surface area (Å²) >= 11 is 7.52. The summed E-state index contributed by atoms with van der Waals surface area (Å²) in [5, 5.41) is 3.40. The van der Waals surface area contributed by atoms with E-state index in [1.54, 1.807) is 13.8 Å². The molecule has 0 N–H and O–H groups in total. The van der Waals surface area contributed by atoms with E-state index in [-0.39, 0.29) is 0 Å². The quantitative estimate of drug-likeness (QED) is 0.411. The summed E-state index contributed by atoms with van der Waals surface area (Å²) < 4.78 is 10.2. The zero-order chi connectivity index (χ0) is 24.4. The minimum Gasteiger partial charge on any atom is -0.468 e. The second-order valence-corrected chi connectivity index (χ2v) is 9.15. The van der Waals surface area contributed by atoms with E-state index < -0.39 is 23.8 Å². The number of carbonyl (C=O) groups excluding carboxylic acids is 2. The first-order valence-electron chi connectivity index (χ1n) is 10.6. The number of benzene rings is 2. The standard InChI is InChI=1S/C26H23ClN2O4S/c1-14-21(25(30)32-3)23(22(15(2)28-14)26(31)33-4)18-7-5-6-8-19(18)24-29-20(13-34-24)16-9-11-17(27)12-10-16/h5-13,21,23H,1-4H3. The average Bonchev–Trinajstić information content (AvgIpc) is 3.33. The van der Waals surface area contributed by atoms with Crippen LogP contribution in [0.15, 0.2) is 70.2 Å². The van der Waals surface area contributed by atoms with Crippen molar-refractivity contribution in [3.63, 3.8) is 0 Å². The lowest BCUT2D eigenvalue weighted by molar-refractivity contribution is -0.143. The van der Waals surface area contributed by atoms with Gasteiger partial charge in [0.25, 0.3) is 0 Å². The van der Waals surface area contributed by atoms with Crippen LogP contribution in [-0.2, 0) is 19.1 Å². The van der Waals surface area contributed by atoms with Gasteiger partial charge in [0.15, 0.2) is 0 Å². The molecule has 8 heteroatoms. The van der Waals surface area contributed by atoms with Crippen molar-refractivity contribution in [1.82, 2.24) is 4.98 Å². The first-order chi connectivity index (χ1) is 16.3. The molecule has 2 aromatic carbocycles. The van der Waals surface area contributed by atoms with E-state index in [4.69, 9.17) is 26.1 Å². The van der Waals surface area contributed by atoms with Gasteiger partial charge >= 0.3 is 11.9 Å². The zero-order valence-electron chi connectivity index (χ0n) is 19.2. The number of allylic oxidation sites excluding steroid dienone is 1. The smallest absolute Gasteiger partial charge is 0.336 e. The molecule has 3 aromatic rings. The molecule has 0 saturated carbocycles. The number of hydrogen-bond donors (Lipinski definition) is 0. The summed E-state index contributed by atoms with van der Waals surface area (Å²) in [7, 11) is 2.66. The Morgan fingerprint density at radius 2 is 1.71 bits per heavy atom. The lowest BCUT2D eigenvalue weighted by Crippen LogP contribution is -2.36. The summed E-state index contributed by atoms with van der Waals surface area (Å²) in [5.41, 5.74) is 4.81. The van der Waals surface area contributed by atoms with Crippen LogP contribution in [0.25, 0.3) is 21.8 Å². The van der Waals surface area contributed by atoms with Crippen LogP contribution in [0.5, 0.6) is 0 Å². The molecule has 1 aromatic heterocycles. The first-order valence-corrected chi connectivity index (χ1v) is 11.8. The lowest BCUT2D eigenvalue weighted by Gasteiger charge is -2.32. The number of aromatic nitrogens is 1. The molecule has 2 atom stereocenters. The van der Waals surface area contributed by atoms with E-state index in [0.717, 1.165) is 27.4 Å². The van der Waals surface area contributed by atoms with Gasteiger partial charge in [0.05, 0.1) is 25.5 Å². The molecule has 174 valence electrons. The van der Waals surface area contributed by atoms with Crippen molar-refractivity contribution in [3.8, 4) is 21.8 Å². The summed E-state index contributed by atoms with van der Waals surface area (Å²) in [6.45, 7) is 3.53. The summed E-state index contributed by atoms with van der Waals surface area (Å²) in [6, 6.07) is 15.1. The number of hydrogen-bond acceptors (Lipinski definition) is 7. The number of halogens is 1. The molecule has 0 aliphatic carbocycles. The lowest BCUT2D eigenvalue weighted by atomic mass is 9.74. The van der Waals surface area contributed by atoms with E-state index in [0.29, 0.717) is 22.0 Å². The predicted octanol–water partition coefficient (Wildman–Crippen LogP) is 5.92. The van der Waals surface area contributed by atoms with Crippen molar-refractivity contribution >= 4 is 40.6 Å². The van der Waals surface area contributed by atoms with E-state index in [2.05, 4.69) is 4.99 Å². The van der Waals surface area contributed by atoms with Crippen LogP contribution in [0, 0.1) is 5.92 Å². The minimum absolute atomic E-state index is 0.338. The topological polar surface area (TPSA) is 77.8 Å². The second kappa shape index (κ2) is 9.91. The van der Waals surface area contributed by atoms with Crippen molar-refractivity contribution in [2.24, 2.45) is 10.9 Å². The van der Waals surface area contributed by atoms with E-state index in [9.17, 15) is 9.59 Å². The van der Waals surface area contributed by atoms with Gasteiger partial charge < -0.3 is 9.47 Å². The van der Waals surface area contributed by atoms with Crippen LogP contribution in [0.4, 0.5) is 0 Å². The van der Waals surface area contributed by atoms with Gasteiger partial charge in [-0.15, -0.1) is 11.3 Å². The minimum atomic E-state index is -0.764. The fraction of sp³-hybridized carbons (Fsp3) is 0.231. The number of nitrogens with zero attached hydrogens (tertiary/aromatic N) is 2. The molecule has 2 unspecified atom stereocenters. The second-order valence-electron chi connectivity index (χ2n) is 7.85. The first kappa shape index (κ1) is 23.9. The van der Waals surface area contributed by atoms with Crippen molar-refractivity contribution in [3.05, 3.63) is 75.8 Å². The molecular weight excluding hydrogens is 472 g/mol. The van der Waals surface area contributed by atoms with E-state index in [1.807, 2.05) is 53.9 Å². The average molecular weight is 495 g/mol. The normalized spacial score (nSPS) is 17.9. The Bertz CT molecular complexity index is 1310. The number of esters is 2. The summed E-state index contributed by atoms with van der Waals surface area (Å²) in [6.07, 6.45) is 0. The summed E-state index contributed by atoms with van der Waals surface area (Å²) in [5.74, 6) is -2.38. The molecule has 6 nitrogen and oxygen atoms in total. The van der Waals surface area contributed by atoms with Crippen LogP contribution in [0.1, 0.15) is 25.3 Å². The third-order valence-corrected chi connectivity index (χ3v) is 6.99. The highest BCUT2D eigenvalue weighted by Crippen LogP contribution is 2.44. The molecule has 0 amide bonds. The molecule has 0 spiro atoms. The molecule has 1 aliphatic heterocycles. The van der Waals surface area contributed by atoms with E-state index >= 15 is 0 Å². The van der Waals surface area contributed by atoms with E-state index in [1.165, 1.54) is 25.6 Å². The maximum Gasteiger partial charge on any atom is 0.336 e. The molecule has 2 heterocycles. The molecule has 0 radical (unpaired) electrons. The fourth-order valence-electron chi connectivity index (χ4n) is 4.29. The van der Waals surface area contributed by atoms with Crippen LogP contribution in [-0.4, -0.2) is 36.9 Å². The zero-order valence-corrected chi connectivity index (χ0v) is 20.7. The number of carbonyl (C=O) groups is 2.